The van der Waals surface area contributed by atoms with Gasteiger partial charge in [0.25, 0.3) is 0 Å². The van der Waals surface area contributed by atoms with Crippen molar-refractivity contribution in [1.82, 2.24) is 14.4 Å². The van der Waals surface area contributed by atoms with Gasteiger partial charge in [-0.05, 0) is 12.1 Å². The lowest BCUT2D eigenvalue weighted by Crippen LogP contribution is -2.00. The van der Waals surface area contributed by atoms with Gasteiger partial charge in [-0.3, -0.25) is 4.40 Å². The third kappa shape index (κ3) is 2.26. The van der Waals surface area contributed by atoms with E-state index in [0.717, 1.165) is 0 Å². The van der Waals surface area contributed by atoms with E-state index < -0.39 is 11.6 Å². The third-order valence-electron chi connectivity index (χ3n) is 3.02. The molecule has 0 N–H and O–H groups in total. The van der Waals surface area contributed by atoms with Crippen molar-refractivity contribution in [3.05, 3.63) is 47.5 Å². The lowest BCUT2D eigenvalue weighted by molar-refractivity contribution is 0.339. The van der Waals surface area contributed by atoms with Crippen molar-refractivity contribution < 1.29 is 13.5 Å². The molecule has 0 saturated carbocycles. The minimum atomic E-state index is -1.11. The maximum atomic E-state index is 14.3. The largest absolute Gasteiger partial charge is 0.478 e. The van der Waals surface area contributed by atoms with Gasteiger partial charge in [-0.25, -0.2) is 14.4 Å². The summed E-state index contributed by atoms with van der Waals surface area (Å²) in [5.74, 6) is -0.215. The van der Waals surface area contributed by atoms with Gasteiger partial charge in [-0.1, -0.05) is 17.5 Å². The molecule has 0 radical (unpaired) electrons. The van der Waals surface area contributed by atoms with E-state index in [4.69, 9.17) is 22.8 Å². The molecule has 3 aromatic rings. The van der Waals surface area contributed by atoms with Crippen LogP contribution in [0.3, 0.4) is 0 Å². The van der Waals surface area contributed by atoms with Gasteiger partial charge in [0.05, 0.1) is 11.9 Å². The van der Waals surface area contributed by atoms with E-state index in [0.29, 0.717) is 11.3 Å². The van der Waals surface area contributed by atoms with Crippen molar-refractivity contribution in [3.8, 4) is 29.4 Å². The molecule has 2 heterocycles. The molecular weight excluding hydrogens is 312 g/mol. The first-order chi connectivity index (χ1) is 10.6. The Hall–Kier alpha value is -2.65. The number of hydrogen-bond acceptors (Lipinski definition) is 3. The number of ether oxygens (including phenoxy) is 1. The van der Waals surface area contributed by atoms with Crippen LogP contribution in [0.4, 0.5) is 8.78 Å². The number of terminal acetylenes is 1. The number of halogens is 3. The van der Waals surface area contributed by atoms with Crippen molar-refractivity contribution in [1.29, 1.82) is 0 Å². The molecule has 0 aliphatic heterocycles. The SMILES string of the molecule is C#CCOc1ccc(-c2cnc3c(Cl)nccn23)c(F)c1F. The molecule has 1 aromatic carbocycles. The lowest BCUT2D eigenvalue weighted by atomic mass is 10.1. The smallest absolute Gasteiger partial charge is 0.201 e. The molecule has 4 nitrogen and oxygen atoms in total. The minimum Gasteiger partial charge on any atom is -0.478 e. The van der Waals surface area contributed by atoms with Crippen LogP contribution in [0, 0.1) is 24.0 Å². The van der Waals surface area contributed by atoms with Crippen molar-refractivity contribution in [2.24, 2.45) is 0 Å². The summed E-state index contributed by atoms with van der Waals surface area (Å²) < 4.78 is 34.8. The summed E-state index contributed by atoms with van der Waals surface area (Å²) in [6.45, 7) is -0.146. The van der Waals surface area contributed by atoms with Gasteiger partial charge in [0.15, 0.2) is 22.4 Å². The molecule has 0 aliphatic carbocycles. The van der Waals surface area contributed by atoms with Crippen LogP contribution < -0.4 is 4.74 Å². The normalized spacial score (nSPS) is 10.6. The number of fused-ring (bicyclic) bond motifs is 1. The maximum absolute atomic E-state index is 14.3. The second kappa shape index (κ2) is 5.62. The Bertz CT molecular complexity index is 902. The van der Waals surface area contributed by atoms with E-state index in [-0.39, 0.29) is 23.1 Å². The number of nitrogens with zero attached hydrogens (tertiary/aromatic N) is 3. The standard InChI is InChI=1S/C15H8ClF2N3O/c1-2-7-22-11-4-3-9(12(17)13(11)18)10-8-20-15-14(16)19-5-6-21(10)15/h1,3-6,8H,7H2. The Labute approximate surface area is 129 Å². The topological polar surface area (TPSA) is 39.4 Å². The summed E-state index contributed by atoms with van der Waals surface area (Å²) in [5, 5.41) is 0.170. The highest BCUT2D eigenvalue weighted by molar-refractivity contribution is 6.32. The minimum absolute atomic E-state index is 0.0281. The molecule has 0 spiro atoms. The fourth-order valence-electron chi connectivity index (χ4n) is 2.05. The molecule has 0 bridgehead atoms. The predicted molar refractivity (Wildman–Crippen MR) is 77.7 cm³/mol. The first-order valence-electron chi connectivity index (χ1n) is 6.15. The molecule has 0 fully saturated rings. The van der Waals surface area contributed by atoms with Crippen LogP contribution in [-0.2, 0) is 0 Å². The lowest BCUT2D eigenvalue weighted by Gasteiger charge is -2.08. The predicted octanol–water partition coefficient (Wildman–Crippen LogP) is 3.34. The summed E-state index contributed by atoms with van der Waals surface area (Å²) >= 11 is 5.91. The zero-order valence-corrected chi connectivity index (χ0v) is 11.8. The molecule has 0 unspecified atom stereocenters. The molecule has 3 rings (SSSR count). The van der Waals surface area contributed by atoms with Gasteiger partial charge >= 0.3 is 0 Å². The molecular formula is C15H8ClF2N3O. The summed E-state index contributed by atoms with van der Waals surface area (Å²) in [4.78, 5) is 7.94. The van der Waals surface area contributed by atoms with Crippen LogP contribution in [-0.4, -0.2) is 21.0 Å². The molecule has 0 amide bonds. The first kappa shape index (κ1) is 14.3. The monoisotopic (exact) mass is 319 g/mol. The summed E-state index contributed by atoms with van der Waals surface area (Å²) in [5.41, 5.74) is 0.728. The zero-order chi connectivity index (χ0) is 15.7. The third-order valence-corrected chi connectivity index (χ3v) is 3.29. The molecule has 2 aromatic heterocycles. The van der Waals surface area contributed by atoms with Crippen molar-refractivity contribution in [2.75, 3.05) is 6.61 Å². The fourth-order valence-corrected chi connectivity index (χ4v) is 2.24. The van der Waals surface area contributed by atoms with Gasteiger partial charge in [0, 0.05) is 18.0 Å². The van der Waals surface area contributed by atoms with Gasteiger partial charge in [-0.15, -0.1) is 6.42 Å². The molecule has 7 heteroatoms. The van der Waals surface area contributed by atoms with Crippen LogP contribution in [0.5, 0.6) is 5.75 Å². The Balaban J connectivity index is 2.14. The van der Waals surface area contributed by atoms with Crippen molar-refractivity contribution >= 4 is 17.2 Å². The average molecular weight is 320 g/mol. The summed E-state index contributed by atoms with van der Waals surface area (Å²) in [6, 6.07) is 2.70. The number of hydrogen-bond donors (Lipinski definition) is 0. The quantitative estimate of drug-likeness (QED) is 0.695. The molecule has 0 atom stereocenters. The van der Waals surface area contributed by atoms with Gasteiger partial charge < -0.3 is 4.74 Å². The summed E-state index contributed by atoms with van der Waals surface area (Å²) in [6.07, 6.45) is 9.42. The van der Waals surface area contributed by atoms with Crippen LogP contribution in [0.25, 0.3) is 16.9 Å². The van der Waals surface area contributed by atoms with Gasteiger partial charge in [-0.2, -0.15) is 4.39 Å². The molecule has 0 saturated heterocycles. The second-order valence-electron chi connectivity index (χ2n) is 4.29. The van der Waals surface area contributed by atoms with E-state index >= 15 is 0 Å². The van der Waals surface area contributed by atoms with E-state index in [9.17, 15) is 8.78 Å². The van der Waals surface area contributed by atoms with Gasteiger partial charge in [0.2, 0.25) is 5.82 Å². The van der Waals surface area contributed by atoms with Crippen LogP contribution >= 0.6 is 11.6 Å². The van der Waals surface area contributed by atoms with Gasteiger partial charge in [0.1, 0.15) is 6.61 Å². The van der Waals surface area contributed by atoms with Crippen molar-refractivity contribution in [2.45, 2.75) is 0 Å². The maximum Gasteiger partial charge on any atom is 0.201 e. The highest BCUT2D eigenvalue weighted by Crippen LogP contribution is 2.30. The van der Waals surface area contributed by atoms with E-state index in [2.05, 4.69) is 15.9 Å². The second-order valence-corrected chi connectivity index (χ2v) is 4.65. The number of benzene rings is 1. The van der Waals surface area contributed by atoms with Crippen LogP contribution in [0.15, 0.2) is 30.7 Å². The van der Waals surface area contributed by atoms with Crippen LogP contribution in [0.1, 0.15) is 0 Å². The van der Waals surface area contributed by atoms with E-state index in [1.165, 1.54) is 28.9 Å². The fraction of sp³-hybridized carbons (Fsp3) is 0.0667. The first-order valence-corrected chi connectivity index (χ1v) is 6.53. The summed E-state index contributed by atoms with van der Waals surface area (Å²) in [7, 11) is 0. The number of imidazole rings is 1. The Morgan fingerprint density at radius 2 is 2.09 bits per heavy atom. The highest BCUT2D eigenvalue weighted by Gasteiger charge is 2.18. The number of aromatic nitrogens is 3. The Morgan fingerprint density at radius 3 is 2.86 bits per heavy atom. The molecule has 110 valence electrons. The van der Waals surface area contributed by atoms with Crippen molar-refractivity contribution in [3.63, 3.8) is 0 Å². The Morgan fingerprint density at radius 1 is 1.27 bits per heavy atom. The van der Waals surface area contributed by atoms with Crippen LogP contribution in [0.2, 0.25) is 5.15 Å². The highest BCUT2D eigenvalue weighted by atomic mass is 35.5. The molecule has 0 aliphatic rings. The molecule has 22 heavy (non-hydrogen) atoms. The average Bonchev–Trinajstić information content (AvgIpc) is 2.94. The van der Waals surface area contributed by atoms with E-state index in [1.54, 1.807) is 6.20 Å². The Kier molecular flexibility index (Phi) is 3.65. The zero-order valence-electron chi connectivity index (χ0n) is 11.1. The van der Waals surface area contributed by atoms with E-state index in [1.807, 2.05) is 0 Å². The number of rotatable bonds is 3.